The zero-order chi connectivity index (χ0) is 17.9. The number of amides is 1. The monoisotopic (exact) mass is 373 g/mol. The molecule has 0 unspecified atom stereocenters. The van der Waals surface area contributed by atoms with E-state index in [1.54, 1.807) is 0 Å². The Morgan fingerprint density at radius 3 is 3.00 bits per heavy atom. The maximum atomic E-state index is 11.2. The molecule has 1 atom stereocenters. The molecular formula is C19H23N3O3S. The topological polar surface area (TPSA) is 63.7 Å². The zero-order valence-electron chi connectivity index (χ0n) is 14.9. The van der Waals surface area contributed by atoms with Gasteiger partial charge >= 0.3 is 0 Å². The molecule has 0 spiro atoms. The molecular weight excluding hydrogens is 350 g/mol. The fourth-order valence-electron chi connectivity index (χ4n) is 3.58. The number of carbonyl (C=O) groups excluding carboxylic acids is 1. The fraction of sp³-hybridized carbons (Fsp3) is 0.474. The Labute approximate surface area is 157 Å². The van der Waals surface area contributed by atoms with Crippen molar-refractivity contribution in [1.82, 2.24) is 9.88 Å². The summed E-state index contributed by atoms with van der Waals surface area (Å²) in [6, 6.07) is 6.68. The van der Waals surface area contributed by atoms with Gasteiger partial charge in [0.1, 0.15) is 0 Å². The third kappa shape index (κ3) is 3.83. The van der Waals surface area contributed by atoms with Gasteiger partial charge in [-0.05, 0) is 37.1 Å². The van der Waals surface area contributed by atoms with Crippen LogP contribution < -0.4 is 14.8 Å². The molecule has 138 valence electrons. The second-order valence-electron chi connectivity index (χ2n) is 6.71. The number of anilines is 1. The molecule has 26 heavy (non-hydrogen) atoms. The number of hydrogen-bond acceptors (Lipinski definition) is 6. The lowest BCUT2D eigenvalue weighted by atomic mass is 10.0. The van der Waals surface area contributed by atoms with Gasteiger partial charge in [-0.1, -0.05) is 6.07 Å². The van der Waals surface area contributed by atoms with Crippen LogP contribution in [0.15, 0.2) is 23.6 Å². The predicted molar refractivity (Wildman–Crippen MR) is 101 cm³/mol. The van der Waals surface area contributed by atoms with Gasteiger partial charge < -0.3 is 14.8 Å². The maximum absolute atomic E-state index is 11.2. The molecule has 1 saturated heterocycles. The van der Waals surface area contributed by atoms with E-state index in [0.717, 1.165) is 43.1 Å². The van der Waals surface area contributed by atoms with Crippen molar-refractivity contribution in [2.75, 3.05) is 25.1 Å². The molecule has 1 N–H and O–H groups in total. The highest BCUT2D eigenvalue weighted by molar-refractivity contribution is 7.13. The van der Waals surface area contributed by atoms with Crippen molar-refractivity contribution in [2.24, 2.45) is 0 Å². The highest BCUT2D eigenvalue weighted by Gasteiger charge is 2.27. The van der Waals surface area contributed by atoms with E-state index in [2.05, 4.69) is 27.3 Å². The number of nitrogens with zero attached hydrogens (tertiary/aromatic N) is 2. The van der Waals surface area contributed by atoms with Crippen molar-refractivity contribution in [2.45, 2.75) is 38.8 Å². The van der Waals surface area contributed by atoms with Crippen LogP contribution in [-0.4, -0.2) is 35.5 Å². The highest BCUT2D eigenvalue weighted by atomic mass is 32.1. The van der Waals surface area contributed by atoms with Crippen molar-refractivity contribution >= 4 is 22.4 Å². The molecule has 7 heteroatoms. The van der Waals surface area contributed by atoms with Gasteiger partial charge in [0.15, 0.2) is 16.6 Å². The molecule has 0 aliphatic carbocycles. The van der Waals surface area contributed by atoms with E-state index < -0.39 is 0 Å². The molecule has 0 bridgehead atoms. The zero-order valence-corrected chi connectivity index (χ0v) is 15.7. The van der Waals surface area contributed by atoms with E-state index in [1.165, 1.54) is 30.2 Å². The van der Waals surface area contributed by atoms with Crippen LogP contribution in [0.5, 0.6) is 11.5 Å². The van der Waals surface area contributed by atoms with E-state index in [4.69, 9.17) is 9.47 Å². The summed E-state index contributed by atoms with van der Waals surface area (Å²) >= 11 is 1.47. The number of benzene rings is 1. The first kappa shape index (κ1) is 17.3. The van der Waals surface area contributed by atoms with Crippen LogP contribution in [0.1, 0.15) is 43.5 Å². The number of fused-ring (bicyclic) bond motifs is 1. The van der Waals surface area contributed by atoms with Gasteiger partial charge in [-0.15, -0.1) is 11.3 Å². The first-order valence-corrected chi connectivity index (χ1v) is 9.92. The second kappa shape index (κ2) is 7.63. The van der Waals surface area contributed by atoms with Gasteiger partial charge in [-0.25, -0.2) is 4.98 Å². The lowest BCUT2D eigenvalue weighted by Gasteiger charge is -2.24. The Morgan fingerprint density at radius 1 is 1.31 bits per heavy atom. The van der Waals surface area contributed by atoms with Crippen molar-refractivity contribution in [3.8, 4) is 11.5 Å². The molecule has 1 aromatic heterocycles. The molecule has 2 aliphatic rings. The van der Waals surface area contributed by atoms with Crippen LogP contribution in [0.2, 0.25) is 0 Å². The van der Waals surface area contributed by atoms with Gasteiger partial charge in [0.2, 0.25) is 5.91 Å². The lowest BCUT2D eigenvalue weighted by Crippen LogP contribution is -2.23. The van der Waals surface area contributed by atoms with E-state index in [-0.39, 0.29) is 5.91 Å². The van der Waals surface area contributed by atoms with Gasteiger partial charge in [-0.2, -0.15) is 0 Å². The average Bonchev–Trinajstić information content (AvgIpc) is 3.18. The van der Waals surface area contributed by atoms with Crippen LogP contribution in [0.3, 0.4) is 0 Å². The smallest absolute Gasteiger partial charge is 0.223 e. The number of hydrogen-bond donors (Lipinski definition) is 1. The molecule has 6 nitrogen and oxygen atoms in total. The second-order valence-corrected chi connectivity index (χ2v) is 7.57. The van der Waals surface area contributed by atoms with Gasteiger partial charge in [0.05, 0.1) is 18.9 Å². The minimum absolute atomic E-state index is 0.0860. The maximum Gasteiger partial charge on any atom is 0.223 e. The summed E-state index contributed by atoms with van der Waals surface area (Å²) in [7, 11) is 0. The minimum atomic E-state index is -0.0860. The third-order valence-corrected chi connectivity index (χ3v) is 5.53. The summed E-state index contributed by atoms with van der Waals surface area (Å²) in [6.07, 6.45) is 3.21. The SMILES string of the molecule is CC(=O)Nc1nc(CN2CCC[C@H]2c2ccc3c(c2)OCCCO3)cs1. The molecule has 2 aromatic rings. The predicted octanol–water partition coefficient (Wildman–Crippen LogP) is 3.60. The Kier molecular flexibility index (Phi) is 5.08. The Balaban J connectivity index is 1.49. The number of ether oxygens (including phenoxy) is 2. The summed E-state index contributed by atoms with van der Waals surface area (Å²) in [4.78, 5) is 18.1. The lowest BCUT2D eigenvalue weighted by molar-refractivity contribution is -0.114. The van der Waals surface area contributed by atoms with Gasteiger partial charge in [0, 0.05) is 31.3 Å². The van der Waals surface area contributed by atoms with Gasteiger partial charge in [0.25, 0.3) is 0 Å². The van der Waals surface area contributed by atoms with Crippen LogP contribution >= 0.6 is 11.3 Å². The van der Waals surface area contributed by atoms with Crippen LogP contribution in [0, 0.1) is 0 Å². The van der Waals surface area contributed by atoms with Crippen LogP contribution in [-0.2, 0) is 11.3 Å². The Hall–Kier alpha value is -2.12. The summed E-state index contributed by atoms with van der Waals surface area (Å²) in [5.74, 6) is 1.61. The number of carbonyl (C=O) groups is 1. The quantitative estimate of drug-likeness (QED) is 0.887. The number of thiazole rings is 1. The Bertz CT molecular complexity index is 792. The fourth-order valence-corrected chi connectivity index (χ4v) is 4.32. The molecule has 0 saturated carbocycles. The number of nitrogens with one attached hydrogen (secondary N) is 1. The Morgan fingerprint density at radius 2 is 2.15 bits per heavy atom. The number of likely N-dealkylation sites (tertiary alicyclic amines) is 1. The molecule has 4 rings (SSSR count). The van der Waals surface area contributed by atoms with Crippen molar-refractivity contribution in [3.05, 3.63) is 34.8 Å². The summed E-state index contributed by atoms with van der Waals surface area (Å²) in [5.41, 5.74) is 2.27. The van der Waals surface area contributed by atoms with Crippen LogP contribution in [0.25, 0.3) is 0 Å². The molecule has 1 amide bonds. The van der Waals surface area contributed by atoms with Crippen molar-refractivity contribution in [3.63, 3.8) is 0 Å². The molecule has 2 aliphatic heterocycles. The van der Waals surface area contributed by atoms with Crippen molar-refractivity contribution < 1.29 is 14.3 Å². The van der Waals surface area contributed by atoms with Crippen molar-refractivity contribution in [1.29, 1.82) is 0 Å². The first-order chi connectivity index (χ1) is 12.7. The van der Waals surface area contributed by atoms with Gasteiger partial charge in [-0.3, -0.25) is 9.69 Å². The van der Waals surface area contributed by atoms with E-state index >= 15 is 0 Å². The summed E-state index contributed by atoms with van der Waals surface area (Å²) in [5, 5.41) is 5.44. The van der Waals surface area contributed by atoms with E-state index in [1.807, 2.05) is 11.4 Å². The molecule has 1 aromatic carbocycles. The standard InChI is InChI=1S/C19H23N3O3S/c1-13(23)20-19-21-15(12-26-19)11-22-7-2-4-16(22)14-5-6-17-18(10-14)25-9-3-8-24-17/h5-6,10,12,16H,2-4,7-9,11H2,1H3,(H,20,21,23)/t16-/m0/s1. The minimum Gasteiger partial charge on any atom is -0.490 e. The van der Waals surface area contributed by atoms with Crippen LogP contribution in [0.4, 0.5) is 5.13 Å². The first-order valence-electron chi connectivity index (χ1n) is 9.04. The third-order valence-electron chi connectivity index (χ3n) is 4.72. The molecule has 3 heterocycles. The number of aromatic nitrogens is 1. The average molecular weight is 373 g/mol. The summed E-state index contributed by atoms with van der Waals surface area (Å²) < 4.78 is 11.6. The molecule has 1 fully saturated rings. The van der Waals surface area contributed by atoms with E-state index in [0.29, 0.717) is 24.4 Å². The summed E-state index contributed by atoms with van der Waals surface area (Å²) in [6.45, 7) is 4.75. The van der Waals surface area contributed by atoms with E-state index in [9.17, 15) is 4.79 Å². The highest BCUT2D eigenvalue weighted by Crippen LogP contribution is 2.38. The number of rotatable bonds is 4. The normalized spacial score (nSPS) is 20.0. The largest absolute Gasteiger partial charge is 0.490 e. The molecule has 0 radical (unpaired) electrons.